The molecule has 0 atom stereocenters. The first-order valence-corrected chi connectivity index (χ1v) is 8.45. The first kappa shape index (κ1) is 18.3. The van der Waals surface area contributed by atoms with Gasteiger partial charge in [-0.25, -0.2) is 5.43 Å². The summed E-state index contributed by atoms with van der Waals surface area (Å²) >= 11 is 18.1. The molecule has 26 heavy (non-hydrogen) atoms. The van der Waals surface area contributed by atoms with Crippen LogP contribution in [0.4, 0.5) is 0 Å². The van der Waals surface area contributed by atoms with E-state index < -0.39 is 5.91 Å². The summed E-state index contributed by atoms with van der Waals surface area (Å²) in [6.07, 6.45) is 1.33. The fourth-order valence-electron chi connectivity index (χ4n) is 2.16. The zero-order chi connectivity index (χ0) is 18.7. The third-order valence-corrected chi connectivity index (χ3v) is 4.44. The van der Waals surface area contributed by atoms with Crippen molar-refractivity contribution in [3.8, 4) is 17.1 Å². The van der Waals surface area contributed by atoms with E-state index in [1.807, 2.05) is 0 Å². The van der Waals surface area contributed by atoms with Gasteiger partial charge in [-0.15, -0.1) is 0 Å². The maximum absolute atomic E-state index is 11.9. The first-order valence-electron chi connectivity index (χ1n) is 7.32. The summed E-state index contributed by atoms with van der Waals surface area (Å²) in [7, 11) is 0. The Labute approximate surface area is 163 Å². The summed E-state index contributed by atoms with van der Waals surface area (Å²) < 4.78 is 5.62. The van der Waals surface area contributed by atoms with Crippen LogP contribution in [0.3, 0.4) is 0 Å². The summed E-state index contributed by atoms with van der Waals surface area (Å²) in [4.78, 5) is 11.9. The Hall–Kier alpha value is -2.47. The summed E-state index contributed by atoms with van der Waals surface area (Å²) in [5.74, 6) is 0.190. The number of benzene rings is 2. The molecule has 0 fully saturated rings. The minimum atomic E-state index is -0.543. The lowest BCUT2D eigenvalue weighted by atomic mass is 10.2. The van der Waals surface area contributed by atoms with Crippen LogP contribution >= 0.6 is 34.8 Å². The molecule has 1 amide bonds. The Bertz CT molecular complexity index is 999. The van der Waals surface area contributed by atoms with Crippen molar-refractivity contribution in [3.63, 3.8) is 0 Å². The van der Waals surface area contributed by atoms with Crippen molar-refractivity contribution in [1.82, 2.24) is 5.43 Å². The SMILES string of the molecule is O=C(N/N=C/c1ccc(-c2cc(Cl)c(Cl)cc2Cl)o1)c1ccccc1O. The molecule has 5 nitrogen and oxygen atoms in total. The second-order valence-electron chi connectivity index (χ2n) is 5.16. The molecule has 0 bridgehead atoms. The van der Waals surface area contributed by atoms with Crippen LogP contribution in [0.2, 0.25) is 15.1 Å². The molecule has 0 aliphatic rings. The molecule has 8 heteroatoms. The van der Waals surface area contributed by atoms with Crippen molar-refractivity contribution in [2.45, 2.75) is 0 Å². The number of para-hydroxylation sites is 1. The van der Waals surface area contributed by atoms with E-state index in [1.165, 1.54) is 24.4 Å². The lowest BCUT2D eigenvalue weighted by molar-refractivity contribution is 0.0952. The fraction of sp³-hybridized carbons (Fsp3) is 0. The van der Waals surface area contributed by atoms with E-state index in [-0.39, 0.29) is 11.3 Å². The van der Waals surface area contributed by atoms with Gasteiger partial charge in [0.1, 0.15) is 17.3 Å². The van der Waals surface area contributed by atoms with Gasteiger partial charge < -0.3 is 9.52 Å². The van der Waals surface area contributed by atoms with Crippen LogP contribution in [-0.4, -0.2) is 17.2 Å². The number of rotatable bonds is 4. The van der Waals surface area contributed by atoms with Crippen LogP contribution in [0.1, 0.15) is 16.1 Å². The van der Waals surface area contributed by atoms with Crippen LogP contribution in [0.5, 0.6) is 5.75 Å². The van der Waals surface area contributed by atoms with Gasteiger partial charge in [-0.3, -0.25) is 4.79 Å². The predicted octanol–water partition coefficient (Wildman–Crippen LogP) is 5.38. The van der Waals surface area contributed by atoms with Gasteiger partial charge in [0.25, 0.3) is 5.91 Å². The molecule has 0 spiro atoms. The summed E-state index contributed by atoms with van der Waals surface area (Å²) in [6.45, 7) is 0. The molecule has 0 unspecified atom stereocenters. The van der Waals surface area contributed by atoms with Gasteiger partial charge in [0.15, 0.2) is 0 Å². The van der Waals surface area contributed by atoms with Gasteiger partial charge in [0, 0.05) is 5.56 Å². The Morgan fingerprint density at radius 2 is 1.77 bits per heavy atom. The third-order valence-electron chi connectivity index (χ3n) is 3.41. The number of furan rings is 1. The molecular formula is C18H11Cl3N2O3. The minimum absolute atomic E-state index is 0.118. The average molecular weight is 410 g/mol. The largest absolute Gasteiger partial charge is 0.507 e. The molecule has 0 radical (unpaired) electrons. The minimum Gasteiger partial charge on any atom is -0.507 e. The van der Waals surface area contributed by atoms with E-state index >= 15 is 0 Å². The van der Waals surface area contributed by atoms with Gasteiger partial charge in [0.05, 0.1) is 26.8 Å². The molecule has 2 N–H and O–H groups in total. The summed E-state index contributed by atoms with van der Waals surface area (Å²) in [5, 5.41) is 14.5. The number of aromatic hydroxyl groups is 1. The van der Waals surface area contributed by atoms with Crippen molar-refractivity contribution >= 4 is 46.9 Å². The van der Waals surface area contributed by atoms with Crippen LogP contribution in [0, 0.1) is 0 Å². The molecule has 132 valence electrons. The molecule has 0 aliphatic carbocycles. The van der Waals surface area contributed by atoms with Gasteiger partial charge in [-0.2, -0.15) is 5.10 Å². The average Bonchev–Trinajstić information content (AvgIpc) is 3.07. The Morgan fingerprint density at radius 1 is 1.04 bits per heavy atom. The van der Waals surface area contributed by atoms with E-state index in [2.05, 4.69) is 10.5 Å². The number of nitrogens with zero attached hydrogens (tertiary/aromatic N) is 1. The molecular weight excluding hydrogens is 399 g/mol. The highest BCUT2D eigenvalue weighted by Crippen LogP contribution is 2.35. The standard InChI is InChI=1S/C18H11Cl3N2O3/c19-13-8-15(21)14(20)7-12(13)17-6-5-10(26-17)9-22-23-18(25)11-3-1-2-4-16(11)24/h1-9,24H,(H,23,25)/b22-9+. The second-order valence-corrected chi connectivity index (χ2v) is 6.39. The quantitative estimate of drug-likeness (QED) is 0.345. The third kappa shape index (κ3) is 4.02. The number of amides is 1. The maximum atomic E-state index is 11.9. The summed E-state index contributed by atoms with van der Waals surface area (Å²) in [6, 6.07) is 12.6. The maximum Gasteiger partial charge on any atom is 0.275 e. The van der Waals surface area contributed by atoms with E-state index in [9.17, 15) is 9.90 Å². The second kappa shape index (κ2) is 7.83. The van der Waals surface area contributed by atoms with Gasteiger partial charge >= 0.3 is 0 Å². The molecule has 3 aromatic rings. The highest BCUT2D eigenvalue weighted by atomic mass is 35.5. The number of hydrogen-bond acceptors (Lipinski definition) is 4. The number of phenolic OH excluding ortho intramolecular Hbond substituents is 1. The Kier molecular flexibility index (Phi) is 5.52. The van der Waals surface area contributed by atoms with Crippen LogP contribution in [0.25, 0.3) is 11.3 Å². The zero-order valence-corrected chi connectivity index (χ0v) is 15.3. The number of nitrogens with one attached hydrogen (secondary N) is 1. The Morgan fingerprint density at radius 3 is 2.54 bits per heavy atom. The van der Waals surface area contributed by atoms with Crippen molar-refractivity contribution in [1.29, 1.82) is 0 Å². The lowest BCUT2D eigenvalue weighted by Crippen LogP contribution is -2.17. The highest BCUT2D eigenvalue weighted by Gasteiger charge is 2.12. The molecule has 0 saturated carbocycles. The molecule has 2 aromatic carbocycles. The van der Waals surface area contributed by atoms with Crippen LogP contribution in [0.15, 0.2) is 58.0 Å². The zero-order valence-electron chi connectivity index (χ0n) is 13.0. The number of hydrogen-bond donors (Lipinski definition) is 2. The van der Waals surface area contributed by atoms with Crippen molar-refractivity contribution < 1.29 is 14.3 Å². The molecule has 0 saturated heterocycles. The van der Waals surface area contributed by atoms with Crippen molar-refractivity contribution in [2.24, 2.45) is 5.10 Å². The van der Waals surface area contributed by atoms with Crippen LogP contribution in [-0.2, 0) is 0 Å². The van der Waals surface area contributed by atoms with Crippen molar-refractivity contribution in [3.05, 3.63) is 74.9 Å². The number of phenols is 1. The van der Waals surface area contributed by atoms with E-state index in [1.54, 1.807) is 30.3 Å². The summed E-state index contributed by atoms with van der Waals surface area (Å²) in [5.41, 5.74) is 3.01. The highest BCUT2D eigenvalue weighted by molar-refractivity contribution is 6.44. The number of halogens is 3. The molecule has 3 rings (SSSR count). The topological polar surface area (TPSA) is 74.8 Å². The van der Waals surface area contributed by atoms with Gasteiger partial charge in [-0.05, 0) is 36.4 Å². The van der Waals surface area contributed by atoms with Crippen molar-refractivity contribution in [2.75, 3.05) is 0 Å². The monoisotopic (exact) mass is 408 g/mol. The Balaban J connectivity index is 1.73. The number of carbonyl (C=O) groups is 1. The number of carbonyl (C=O) groups excluding carboxylic acids is 1. The van der Waals surface area contributed by atoms with Crippen LogP contribution < -0.4 is 5.43 Å². The van der Waals surface area contributed by atoms with E-state index in [0.29, 0.717) is 32.2 Å². The normalized spacial score (nSPS) is 11.0. The smallest absolute Gasteiger partial charge is 0.275 e. The van der Waals surface area contributed by atoms with E-state index in [4.69, 9.17) is 39.2 Å². The molecule has 0 aliphatic heterocycles. The predicted molar refractivity (Wildman–Crippen MR) is 102 cm³/mol. The first-order chi connectivity index (χ1) is 12.5. The van der Waals surface area contributed by atoms with E-state index in [0.717, 1.165) is 0 Å². The van der Waals surface area contributed by atoms with Gasteiger partial charge in [-0.1, -0.05) is 46.9 Å². The fourth-order valence-corrected chi connectivity index (χ4v) is 2.80. The molecule has 1 heterocycles. The lowest BCUT2D eigenvalue weighted by Gasteiger charge is -2.03. The number of hydrazone groups is 1. The van der Waals surface area contributed by atoms with Gasteiger partial charge in [0.2, 0.25) is 0 Å². The molecule has 1 aromatic heterocycles.